The number of hydrogen-bond donors (Lipinski definition) is 1. The molecule has 0 atom stereocenters. The number of pyridine rings is 1. The van der Waals surface area contributed by atoms with Crippen molar-refractivity contribution in [3.63, 3.8) is 0 Å². The highest BCUT2D eigenvalue weighted by Crippen LogP contribution is 2.37. The van der Waals surface area contributed by atoms with E-state index in [1.165, 1.54) is 19.2 Å². The van der Waals surface area contributed by atoms with Gasteiger partial charge in [0.2, 0.25) is 5.82 Å². The monoisotopic (exact) mass is 505 g/mol. The molecule has 0 bridgehead atoms. The van der Waals surface area contributed by atoms with E-state index in [4.69, 9.17) is 10.3 Å². The zero-order valence-electron chi connectivity index (χ0n) is 18.1. The number of halogens is 6. The lowest BCUT2D eigenvalue weighted by molar-refractivity contribution is -0.142. The van der Waals surface area contributed by atoms with E-state index in [0.29, 0.717) is 16.1 Å². The quantitative estimate of drug-likeness (QED) is 0.326. The molecule has 5 rings (SSSR count). The van der Waals surface area contributed by atoms with Gasteiger partial charge < -0.3 is 10.3 Å². The molecule has 0 unspecified atom stereocenters. The van der Waals surface area contributed by atoms with E-state index in [1.54, 1.807) is 6.07 Å². The highest BCUT2D eigenvalue weighted by Gasteiger charge is 2.36. The number of benzene rings is 1. The van der Waals surface area contributed by atoms with Crippen LogP contribution in [0.25, 0.3) is 39.7 Å². The van der Waals surface area contributed by atoms with E-state index in [-0.39, 0.29) is 45.6 Å². The zero-order valence-corrected chi connectivity index (χ0v) is 18.1. The number of fused-ring (bicyclic) bond motifs is 1. The maximum Gasteiger partial charge on any atom is 0.433 e. The zero-order chi connectivity index (χ0) is 25.8. The first kappa shape index (κ1) is 23.3. The Kier molecular flexibility index (Phi) is 5.19. The Bertz CT molecular complexity index is 1590. The number of aryl methyl sites for hydroxylation is 1. The van der Waals surface area contributed by atoms with Gasteiger partial charge in [0.1, 0.15) is 11.4 Å². The molecule has 4 aromatic heterocycles. The summed E-state index contributed by atoms with van der Waals surface area (Å²) in [5, 5.41) is 7.60. The summed E-state index contributed by atoms with van der Waals surface area (Å²) in [6, 6.07) is 6.78. The van der Waals surface area contributed by atoms with E-state index < -0.39 is 23.6 Å². The van der Waals surface area contributed by atoms with Gasteiger partial charge in [-0.15, -0.1) is 0 Å². The Morgan fingerprint density at radius 2 is 1.64 bits per heavy atom. The lowest BCUT2D eigenvalue weighted by atomic mass is 10.0. The van der Waals surface area contributed by atoms with Crippen LogP contribution in [0.2, 0.25) is 0 Å². The van der Waals surface area contributed by atoms with Crippen molar-refractivity contribution >= 4 is 11.5 Å². The fraction of sp³-hybridized carbons (Fsp3) is 0.136. The number of nitrogens with two attached hydrogens (primary N) is 1. The molecule has 4 heterocycles. The summed E-state index contributed by atoms with van der Waals surface area (Å²) >= 11 is 0. The van der Waals surface area contributed by atoms with Crippen LogP contribution in [0, 0.1) is 6.92 Å². The molecule has 184 valence electrons. The molecule has 0 fully saturated rings. The van der Waals surface area contributed by atoms with Crippen LogP contribution < -0.4 is 5.73 Å². The minimum Gasteiger partial charge on any atom is -0.384 e. The Morgan fingerprint density at radius 3 is 2.28 bits per heavy atom. The molecule has 0 saturated heterocycles. The second-order valence-corrected chi connectivity index (χ2v) is 7.74. The van der Waals surface area contributed by atoms with Crippen molar-refractivity contribution in [2.75, 3.05) is 5.73 Å². The minimum atomic E-state index is -4.85. The third kappa shape index (κ3) is 4.10. The summed E-state index contributed by atoms with van der Waals surface area (Å²) < 4.78 is 86.9. The molecule has 5 aromatic rings. The van der Waals surface area contributed by atoms with E-state index >= 15 is 0 Å². The largest absolute Gasteiger partial charge is 0.433 e. The summed E-state index contributed by atoms with van der Waals surface area (Å²) in [4.78, 5) is 12.4. The molecule has 36 heavy (non-hydrogen) atoms. The molecule has 1 aromatic carbocycles. The molecule has 0 aliphatic carbocycles. The van der Waals surface area contributed by atoms with E-state index in [2.05, 4.69) is 25.2 Å². The smallest absolute Gasteiger partial charge is 0.384 e. The van der Waals surface area contributed by atoms with Crippen molar-refractivity contribution in [2.45, 2.75) is 19.3 Å². The van der Waals surface area contributed by atoms with Crippen LogP contribution in [0.15, 0.2) is 53.3 Å². The maximum absolute atomic E-state index is 13.9. The second-order valence-electron chi connectivity index (χ2n) is 7.74. The number of nitrogen functional groups attached to an aromatic ring is 1. The summed E-state index contributed by atoms with van der Waals surface area (Å²) in [5.74, 6) is 0.195. The maximum atomic E-state index is 13.9. The van der Waals surface area contributed by atoms with Crippen molar-refractivity contribution in [2.24, 2.45) is 0 Å². The minimum absolute atomic E-state index is 0.00635. The summed E-state index contributed by atoms with van der Waals surface area (Å²) in [5.41, 5.74) is 3.31. The van der Waals surface area contributed by atoms with Gasteiger partial charge in [-0.2, -0.15) is 36.4 Å². The van der Waals surface area contributed by atoms with E-state index in [0.717, 1.165) is 24.4 Å². The first-order valence-corrected chi connectivity index (χ1v) is 10.1. The van der Waals surface area contributed by atoms with E-state index in [9.17, 15) is 26.3 Å². The van der Waals surface area contributed by atoms with Gasteiger partial charge in [0.15, 0.2) is 11.3 Å². The Hall–Kier alpha value is -4.49. The average Bonchev–Trinajstić information content (AvgIpc) is 3.44. The SMILES string of the molecule is Cc1cc(-c2cc(C(F)(F)F)n3ncc(-c4nc(-c5ccc(N)nc5)no4)c3n2)ccc1C(F)(F)F. The number of nitrogens with zero attached hydrogens (tertiary/aromatic N) is 6. The van der Waals surface area contributed by atoms with Crippen molar-refractivity contribution < 1.29 is 30.9 Å². The standard InChI is InChI=1S/C22H13F6N7O/c1-10-6-11(2-4-14(10)21(23,24)25)15-7-16(22(26,27)28)35-19(32-15)13(9-31-35)20-33-18(34-36-20)12-3-5-17(29)30-8-12/h2-9H,1H3,(H2,29,30). The van der Waals surface area contributed by atoms with Crippen LogP contribution in [-0.4, -0.2) is 29.7 Å². The molecule has 2 N–H and O–H groups in total. The van der Waals surface area contributed by atoms with Crippen molar-refractivity contribution in [1.82, 2.24) is 29.7 Å². The van der Waals surface area contributed by atoms with Crippen LogP contribution in [0.1, 0.15) is 16.8 Å². The molecular weight excluding hydrogens is 492 g/mol. The molecule has 0 saturated carbocycles. The Balaban J connectivity index is 1.66. The second kappa shape index (κ2) is 8.03. The molecule has 0 spiro atoms. The topological polar surface area (TPSA) is 108 Å². The fourth-order valence-corrected chi connectivity index (χ4v) is 3.59. The van der Waals surface area contributed by atoms with Gasteiger partial charge in [0.25, 0.3) is 5.89 Å². The first-order chi connectivity index (χ1) is 16.9. The number of hydrogen-bond acceptors (Lipinski definition) is 7. The van der Waals surface area contributed by atoms with Crippen LogP contribution in [0.3, 0.4) is 0 Å². The lowest BCUT2D eigenvalue weighted by Crippen LogP contribution is -2.14. The number of alkyl halides is 6. The molecule has 0 amide bonds. The van der Waals surface area contributed by atoms with Gasteiger partial charge >= 0.3 is 12.4 Å². The van der Waals surface area contributed by atoms with Crippen LogP contribution in [-0.2, 0) is 12.4 Å². The molecule has 14 heteroatoms. The highest BCUT2D eigenvalue weighted by molar-refractivity contribution is 5.75. The molecular formula is C22H13F6N7O. The fourth-order valence-electron chi connectivity index (χ4n) is 3.59. The highest BCUT2D eigenvalue weighted by atomic mass is 19.4. The Morgan fingerprint density at radius 1 is 0.889 bits per heavy atom. The predicted molar refractivity (Wildman–Crippen MR) is 114 cm³/mol. The van der Waals surface area contributed by atoms with Gasteiger partial charge in [0, 0.05) is 17.3 Å². The molecule has 0 aliphatic rings. The molecule has 8 nitrogen and oxygen atoms in total. The van der Waals surface area contributed by atoms with Crippen LogP contribution in [0.4, 0.5) is 32.2 Å². The summed E-state index contributed by atoms with van der Waals surface area (Å²) in [6.07, 6.45) is -6.98. The molecule has 0 aliphatic heterocycles. The molecule has 0 radical (unpaired) electrons. The average molecular weight is 505 g/mol. The van der Waals surface area contributed by atoms with Crippen molar-refractivity contribution in [3.05, 3.63) is 65.6 Å². The summed E-state index contributed by atoms with van der Waals surface area (Å²) in [6.45, 7) is 1.21. The predicted octanol–water partition coefficient (Wildman–Crippen LogP) is 5.44. The first-order valence-electron chi connectivity index (χ1n) is 10.1. The number of rotatable bonds is 3. The number of aromatic nitrogens is 6. The van der Waals surface area contributed by atoms with Crippen LogP contribution in [0.5, 0.6) is 0 Å². The van der Waals surface area contributed by atoms with Gasteiger partial charge in [-0.25, -0.2) is 14.5 Å². The van der Waals surface area contributed by atoms with E-state index in [1.807, 2.05) is 0 Å². The normalized spacial score (nSPS) is 12.4. The van der Waals surface area contributed by atoms with Gasteiger partial charge in [0.05, 0.1) is 17.5 Å². The van der Waals surface area contributed by atoms with Gasteiger partial charge in [-0.1, -0.05) is 11.2 Å². The Labute approximate surface area is 197 Å². The van der Waals surface area contributed by atoms with Crippen LogP contribution >= 0.6 is 0 Å². The third-order valence-electron chi connectivity index (χ3n) is 5.29. The van der Waals surface area contributed by atoms with Gasteiger partial charge in [-0.3, -0.25) is 0 Å². The number of anilines is 1. The summed E-state index contributed by atoms with van der Waals surface area (Å²) in [7, 11) is 0. The van der Waals surface area contributed by atoms with Gasteiger partial charge in [-0.05, 0) is 42.8 Å². The lowest BCUT2D eigenvalue weighted by Gasteiger charge is -2.14. The van der Waals surface area contributed by atoms with Crippen molar-refractivity contribution in [1.29, 1.82) is 0 Å². The third-order valence-corrected chi connectivity index (χ3v) is 5.29. The van der Waals surface area contributed by atoms with Crippen molar-refractivity contribution in [3.8, 4) is 34.1 Å².